The molecule has 0 aromatic heterocycles. The fourth-order valence-corrected chi connectivity index (χ4v) is 1.50. The number of carbonyl (C=O) groups is 1. The van der Waals surface area contributed by atoms with Crippen molar-refractivity contribution in [3.63, 3.8) is 0 Å². The number of hydrogen-bond donors (Lipinski definition) is 1. The molecule has 1 aliphatic heterocycles. The van der Waals surface area contributed by atoms with Crippen molar-refractivity contribution < 1.29 is 14.3 Å². The first-order valence-electron chi connectivity index (χ1n) is 5.32. The summed E-state index contributed by atoms with van der Waals surface area (Å²) >= 11 is 0. The van der Waals surface area contributed by atoms with Gasteiger partial charge in [-0.2, -0.15) is 0 Å². The van der Waals surface area contributed by atoms with Gasteiger partial charge in [0.2, 0.25) is 0 Å². The molecular weight excluding hydrogens is 182 g/mol. The quantitative estimate of drug-likeness (QED) is 0.525. The molecule has 0 radical (unpaired) electrons. The van der Waals surface area contributed by atoms with Crippen LogP contribution >= 0.6 is 0 Å². The maximum atomic E-state index is 11.4. The molecule has 1 rings (SSSR count). The molecule has 4 nitrogen and oxygen atoms in total. The van der Waals surface area contributed by atoms with Crippen molar-refractivity contribution in [3.8, 4) is 0 Å². The Labute approximate surface area is 85.0 Å². The molecule has 1 heterocycles. The molecule has 1 saturated heterocycles. The van der Waals surface area contributed by atoms with E-state index in [2.05, 4.69) is 5.32 Å². The standard InChI is InChI=1S/C10H19NO3/c1-2-13-7-8-14-10(12)9-5-3-4-6-11-9/h9,11H,2-8H2,1H3. The second-order valence-corrected chi connectivity index (χ2v) is 3.37. The number of rotatable bonds is 5. The van der Waals surface area contributed by atoms with Gasteiger partial charge in [0.25, 0.3) is 0 Å². The minimum absolute atomic E-state index is 0.0922. The molecule has 4 heteroatoms. The fourth-order valence-electron chi connectivity index (χ4n) is 1.50. The highest BCUT2D eigenvalue weighted by Crippen LogP contribution is 2.07. The van der Waals surface area contributed by atoms with Gasteiger partial charge in [-0.15, -0.1) is 0 Å². The van der Waals surface area contributed by atoms with Gasteiger partial charge >= 0.3 is 5.97 Å². The Kier molecular flexibility index (Phi) is 5.56. The van der Waals surface area contributed by atoms with E-state index in [0.29, 0.717) is 19.8 Å². The minimum atomic E-state index is -0.135. The SMILES string of the molecule is CCOCCOC(=O)C1CCCCN1. The van der Waals surface area contributed by atoms with Crippen LogP contribution in [0.25, 0.3) is 0 Å². The van der Waals surface area contributed by atoms with Gasteiger partial charge in [-0.1, -0.05) is 6.42 Å². The third kappa shape index (κ3) is 4.07. The zero-order valence-corrected chi connectivity index (χ0v) is 8.75. The summed E-state index contributed by atoms with van der Waals surface area (Å²) in [4.78, 5) is 11.4. The van der Waals surface area contributed by atoms with Gasteiger partial charge in [0.05, 0.1) is 6.61 Å². The Hall–Kier alpha value is -0.610. The van der Waals surface area contributed by atoms with Crippen molar-refractivity contribution in [1.29, 1.82) is 0 Å². The van der Waals surface area contributed by atoms with Crippen LogP contribution < -0.4 is 5.32 Å². The summed E-state index contributed by atoms with van der Waals surface area (Å²) in [7, 11) is 0. The number of ether oxygens (including phenoxy) is 2. The van der Waals surface area contributed by atoms with E-state index in [0.717, 1.165) is 25.8 Å². The number of hydrogen-bond acceptors (Lipinski definition) is 4. The summed E-state index contributed by atoms with van der Waals surface area (Å²) in [6.07, 6.45) is 3.16. The number of carbonyl (C=O) groups excluding carboxylic acids is 1. The Morgan fingerprint density at radius 2 is 2.29 bits per heavy atom. The molecule has 1 aliphatic rings. The Bertz CT molecular complexity index is 167. The number of esters is 1. The predicted molar refractivity (Wildman–Crippen MR) is 53.1 cm³/mol. The average Bonchev–Trinajstić information content (AvgIpc) is 2.25. The Morgan fingerprint density at radius 3 is 2.93 bits per heavy atom. The first-order valence-corrected chi connectivity index (χ1v) is 5.32. The smallest absolute Gasteiger partial charge is 0.323 e. The van der Waals surface area contributed by atoms with Gasteiger partial charge < -0.3 is 14.8 Å². The van der Waals surface area contributed by atoms with E-state index in [1.54, 1.807) is 0 Å². The van der Waals surface area contributed by atoms with Gasteiger partial charge in [-0.05, 0) is 26.3 Å². The molecule has 1 N–H and O–H groups in total. The van der Waals surface area contributed by atoms with Crippen LogP contribution in [-0.2, 0) is 14.3 Å². The van der Waals surface area contributed by atoms with E-state index in [4.69, 9.17) is 9.47 Å². The summed E-state index contributed by atoms with van der Waals surface area (Å²) < 4.78 is 10.1. The van der Waals surface area contributed by atoms with Gasteiger partial charge in [0.15, 0.2) is 0 Å². The molecule has 1 fully saturated rings. The minimum Gasteiger partial charge on any atom is -0.462 e. The lowest BCUT2D eigenvalue weighted by molar-refractivity contribution is -0.148. The molecule has 0 saturated carbocycles. The Morgan fingerprint density at radius 1 is 1.43 bits per heavy atom. The van der Waals surface area contributed by atoms with Crippen LogP contribution in [-0.4, -0.2) is 38.4 Å². The normalized spacial score (nSPS) is 21.9. The molecule has 82 valence electrons. The summed E-state index contributed by atoms with van der Waals surface area (Å²) in [6.45, 7) is 4.37. The van der Waals surface area contributed by atoms with Crippen LogP contribution in [0, 0.1) is 0 Å². The van der Waals surface area contributed by atoms with E-state index >= 15 is 0 Å². The lowest BCUT2D eigenvalue weighted by Gasteiger charge is -2.21. The molecule has 0 aromatic carbocycles. The zero-order valence-electron chi connectivity index (χ0n) is 8.75. The highest BCUT2D eigenvalue weighted by Gasteiger charge is 2.21. The number of piperidine rings is 1. The molecule has 0 aromatic rings. The first-order chi connectivity index (χ1) is 6.84. The lowest BCUT2D eigenvalue weighted by Crippen LogP contribution is -2.41. The average molecular weight is 201 g/mol. The van der Waals surface area contributed by atoms with Gasteiger partial charge in [-0.3, -0.25) is 4.79 Å². The monoisotopic (exact) mass is 201 g/mol. The van der Waals surface area contributed by atoms with E-state index < -0.39 is 0 Å². The first kappa shape index (κ1) is 11.5. The van der Waals surface area contributed by atoms with Gasteiger partial charge in [0.1, 0.15) is 12.6 Å². The summed E-state index contributed by atoms with van der Waals surface area (Å²) in [5.74, 6) is -0.135. The number of nitrogens with one attached hydrogen (secondary N) is 1. The molecule has 14 heavy (non-hydrogen) atoms. The van der Waals surface area contributed by atoms with Crippen molar-refractivity contribution in [3.05, 3.63) is 0 Å². The van der Waals surface area contributed by atoms with Crippen molar-refractivity contribution >= 4 is 5.97 Å². The van der Waals surface area contributed by atoms with Gasteiger partial charge in [-0.25, -0.2) is 0 Å². The van der Waals surface area contributed by atoms with Crippen molar-refractivity contribution in [2.75, 3.05) is 26.4 Å². The molecule has 0 aliphatic carbocycles. The molecule has 1 atom stereocenters. The third-order valence-corrected chi connectivity index (χ3v) is 2.27. The second kappa shape index (κ2) is 6.79. The Balaban J connectivity index is 2.07. The summed E-state index contributed by atoms with van der Waals surface area (Å²) in [6, 6.07) is -0.0922. The molecule has 0 amide bonds. The lowest BCUT2D eigenvalue weighted by atomic mass is 10.1. The third-order valence-electron chi connectivity index (χ3n) is 2.27. The highest BCUT2D eigenvalue weighted by atomic mass is 16.6. The maximum absolute atomic E-state index is 11.4. The van der Waals surface area contributed by atoms with Crippen LogP contribution in [0.15, 0.2) is 0 Å². The molecular formula is C10H19NO3. The van der Waals surface area contributed by atoms with E-state index in [1.807, 2.05) is 6.92 Å². The van der Waals surface area contributed by atoms with Crippen LogP contribution in [0.3, 0.4) is 0 Å². The summed E-state index contributed by atoms with van der Waals surface area (Å²) in [5, 5.41) is 3.14. The van der Waals surface area contributed by atoms with E-state index in [-0.39, 0.29) is 12.0 Å². The zero-order chi connectivity index (χ0) is 10.2. The maximum Gasteiger partial charge on any atom is 0.323 e. The van der Waals surface area contributed by atoms with Crippen LogP contribution in [0.4, 0.5) is 0 Å². The van der Waals surface area contributed by atoms with Gasteiger partial charge in [0, 0.05) is 6.61 Å². The molecule has 0 bridgehead atoms. The van der Waals surface area contributed by atoms with Crippen LogP contribution in [0.1, 0.15) is 26.2 Å². The van der Waals surface area contributed by atoms with Crippen LogP contribution in [0.2, 0.25) is 0 Å². The molecule has 1 unspecified atom stereocenters. The topological polar surface area (TPSA) is 47.6 Å². The van der Waals surface area contributed by atoms with E-state index in [1.165, 1.54) is 0 Å². The van der Waals surface area contributed by atoms with Crippen molar-refractivity contribution in [2.45, 2.75) is 32.2 Å². The van der Waals surface area contributed by atoms with Crippen LogP contribution in [0.5, 0.6) is 0 Å². The van der Waals surface area contributed by atoms with Crippen molar-refractivity contribution in [2.24, 2.45) is 0 Å². The predicted octanol–water partition coefficient (Wildman–Crippen LogP) is 0.708. The second-order valence-electron chi connectivity index (χ2n) is 3.37. The highest BCUT2D eigenvalue weighted by molar-refractivity contribution is 5.75. The van der Waals surface area contributed by atoms with E-state index in [9.17, 15) is 4.79 Å². The summed E-state index contributed by atoms with van der Waals surface area (Å²) in [5.41, 5.74) is 0. The van der Waals surface area contributed by atoms with Crippen molar-refractivity contribution in [1.82, 2.24) is 5.32 Å². The largest absolute Gasteiger partial charge is 0.462 e. The molecule has 0 spiro atoms. The fraction of sp³-hybridized carbons (Fsp3) is 0.900.